The molecular formula is C15H14BrN3O4S. The van der Waals surface area contributed by atoms with Crippen LogP contribution in [0, 0.1) is 6.92 Å². The highest BCUT2D eigenvalue weighted by atomic mass is 79.9. The third kappa shape index (κ3) is 4.80. The number of hydrazone groups is 1. The molecule has 0 spiro atoms. The second kappa shape index (κ2) is 7.45. The van der Waals surface area contributed by atoms with Gasteiger partial charge in [-0.2, -0.15) is 13.5 Å². The zero-order chi connectivity index (χ0) is 17.7. The number of halogens is 1. The van der Waals surface area contributed by atoms with E-state index in [9.17, 15) is 13.2 Å². The van der Waals surface area contributed by atoms with Crippen LogP contribution in [0.3, 0.4) is 0 Å². The van der Waals surface area contributed by atoms with Crippen LogP contribution >= 0.6 is 15.9 Å². The first-order valence-corrected chi connectivity index (χ1v) is 8.87. The number of carbonyl (C=O) groups is 1. The second-order valence-electron chi connectivity index (χ2n) is 4.77. The molecule has 0 bridgehead atoms. The third-order valence-corrected chi connectivity index (χ3v) is 4.60. The lowest BCUT2D eigenvalue weighted by molar-refractivity contribution is 0.249. The maximum Gasteiger partial charge on any atom is 0.339 e. The quantitative estimate of drug-likeness (QED) is 0.447. The van der Waals surface area contributed by atoms with Crippen LogP contribution in [0.4, 0.5) is 4.79 Å². The summed E-state index contributed by atoms with van der Waals surface area (Å²) in [4.78, 5) is 10.7. The maximum atomic E-state index is 12.4. The molecule has 3 N–H and O–H groups in total. The van der Waals surface area contributed by atoms with E-state index < -0.39 is 16.1 Å². The van der Waals surface area contributed by atoms with Crippen LogP contribution in [0.15, 0.2) is 56.9 Å². The number of benzene rings is 2. The van der Waals surface area contributed by atoms with Crippen molar-refractivity contribution < 1.29 is 17.4 Å². The average molecular weight is 412 g/mol. The van der Waals surface area contributed by atoms with Crippen molar-refractivity contribution in [3.63, 3.8) is 0 Å². The molecule has 0 saturated heterocycles. The topological polar surface area (TPSA) is 111 Å². The standard InChI is InChI=1S/C15H14BrN3O4S/c1-10-2-5-13(6-3-10)24(21,22)23-14-7-4-12(16)8-11(14)9-18-19-15(17)20/h2-9H,1H3,(H3,17,19,20)/b18-9+. The number of nitrogens with one attached hydrogen (secondary N) is 1. The SMILES string of the molecule is Cc1ccc(S(=O)(=O)Oc2ccc(Br)cc2/C=N/NC(N)=O)cc1. The van der Waals surface area contributed by atoms with Crippen LogP contribution in [0.1, 0.15) is 11.1 Å². The first-order chi connectivity index (χ1) is 11.3. The first-order valence-electron chi connectivity index (χ1n) is 6.67. The predicted molar refractivity (Wildman–Crippen MR) is 93.4 cm³/mol. The molecule has 2 rings (SSSR count). The molecule has 0 radical (unpaired) electrons. The van der Waals surface area contributed by atoms with Gasteiger partial charge in [0.25, 0.3) is 0 Å². The molecule has 0 aliphatic heterocycles. The first kappa shape index (κ1) is 18.0. The Morgan fingerprint density at radius 1 is 1.25 bits per heavy atom. The summed E-state index contributed by atoms with van der Waals surface area (Å²) in [5.41, 5.74) is 8.22. The van der Waals surface area contributed by atoms with Gasteiger partial charge in [0, 0.05) is 10.0 Å². The van der Waals surface area contributed by atoms with Gasteiger partial charge in [0.05, 0.1) is 6.21 Å². The number of nitrogens with two attached hydrogens (primary N) is 1. The minimum absolute atomic E-state index is 0.0363. The van der Waals surface area contributed by atoms with Crippen LogP contribution in [0.25, 0.3) is 0 Å². The van der Waals surface area contributed by atoms with E-state index in [1.165, 1.54) is 24.4 Å². The summed E-state index contributed by atoms with van der Waals surface area (Å²) in [7, 11) is -4.00. The van der Waals surface area contributed by atoms with E-state index in [2.05, 4.69) is 21.0 Å². The number of amides is 2. The van der Waals surface area contributed by atoms with Crippen molar-refractivity contribution in [1.29, 1.82) is 0 Å². The van der Waals surface area contributed by atoms with E-state index in [4.69, 9.17) is 9.92 Å². The molecule has 2 aromatic carbocycles. The molecule has 2 aromatic rings. The Labute approximate surface area is 147 Å². The van der Waals surface area contributed by atoms with Gasteiger partial charge in [-0.1, -0.05) is 33.6 Å². The Balaban J connectivity index is 2.33. The van der Waals surface area contributed by atoms with Gasteiger partial charge in [0.2, 0.25) is 0 Å². The number of nitrogens with zero attached hydrogens (tertiary/aromatic N) is 1. The van der Waals surface area contributed by atoms with Crippen LogP contribution < -0.4 is 15.3 Å². The second-order valence-corrected chi connectivity index (χ2v) is 7.23. The molecule has 7 nitrogen and oxygen atoms in total. The van der Waals surface area contributed by atoms with Gasteiger partial charge >= 0.3 is 16.1 Å². The van der Waals surface area contributed by atoms with E-state index in [1.807, 2.05) is 12.3 Å². The Bertz CT molecular complexity index is 880. The Hall–Kier alpha value is -2.39. The molecule has 0 aromatic heterocycles. The van der Waals surface area contributed by atoms with Gasteiger partial charge in [0.15, 0.2) is 5.75 Å². The lowest BCUT2D eigenvalue weighted by Gasteiger charge is -2.10. The summed E-state index contributed by atoms with van der Waals surface area (Å²) in [6.45, 7) is 1.85. The van der Waals surface area contributed by atoms with Gasteiger partial charge < -0.3 is 9.92 Å². The predicted octanol–water partition coefficient (Wildman–Crippen LogP) is 2.53. The van der Waals surface area contributed by atoms with Gasteiger partial charge in [-0.25, -0.2) is 10.2 Å². The van der Waals surface area contributed by atoms with Crippen molar-refractivity contribution >= 4 is 38.3 Å². The molecule has 0 fully saturated rings. The summed E-state index contributed by atoms with van der Waals surface area (Å²) in [6.07, 6.45) is 1.23. The van der Waals surface area contributed by atoms with Gasteiger partial charge in [-0.05, 0) is 37.3 Å². The fourth-order valence-corrected chi connectivity index (χ4v) is 3.07. The highest BCUT2D eigenvalue weighted by molar-refractivity contribution is 9.10. The molecule has 2 amide bonds. The fraction of sp³-hybridized carbons (Fsp3) is 0.0667. The summed E-state index contributed by atoms with van der Waals surface area (Å²) in [5, 5.41) is 3.61. The fourth-order valence-electron chi connectivity index (χ4n) is 1.73. The smallest absolute Gasteiger partial charge is 0.339 e. The number of rotatable bonds is 5. The van der Waals surface area contributed by atoms with Crippen molar-refractivity contribution in [2.24, 2.45) is 10.8 Å². The molecule has 126 valence electrons. The number of aryl methyl sites for hydroxylation is 1. The molecule has 0 aliphatic carbocycles. The van der Waals surface area contributed by atoms with Crippen molar-refractivity contribution in [2.45, 2.75) is 11.8 Å². The molecule has 9 heteroatoms. The normalized spacial score (nSPS) is 11.4. The zero-order valence-corrected chi connectivity index (χ0v) is 15.0. The van der Waals surface area contributed by atoms with Gasteiger partial charge in [-0.15, -0.1) is 0 Å². The van der Waals surface area contributed by atoms with Gasteiger partial charge in [0.1, 0.15) is 4.90 Å². The van der Waals surface area contributed by atoms with Crippen LogP contribution in [-0.4, -0.2) is 20.7 Å². The van der Waals surface area contributed by atoms with Crippen LogP contribution in [0.2, 0.25) is 0 Å². The summed E-state index contributed by atoms with van der Waals surface area (Å²) < 4.78 is 30.6. The van der Waals surface area contributed by atoms with E-state index in [-0.39, 0.29) is 10.6 Å². The van der Waals surface area contributed by atoms with Crippen molar-refractivity contribution in [1.82, 2.24) is 5.43 Å². The third-order valence-electron chi connectivity index (χ3n) is 2.86. The van der Waals surface area contributed by atoms with Crippen LogP contribution in [-0.2, 0) is 10.1 Å². The van der Waals surface area contributed by atoms with E-state index in [1.54, 1.807) is 24.3 Å². The minimum atomic E-state index is -4.00. The highest BCUT2D eigenvalue weighted by Gasteiger charge is 2.18. The average Bonchev–Trinajstić information content (AvgIpc) is 2.50. The molecule has 0 saturated carbocycles. The number of hydrogen-bond donors (Lipinski definition) is 2. The summed E-state index contributed by atoms with van der Waals surface area (Å²) in [6, 6.07) is 10.1. The van der Waals surface area contributed by atoms with Crippen molar-refractivity contribution in [3.8, 4) is 5.75 Å². The lowest BCUT2D eigenvalue weighted by atomic mass is 10.2. The summed E-state index contributed by atoms with van der Waals surface area (Å²) >= 11 is 3.27. The maximum absolute atomic E-state index is 12.4. The number of primary amides is 1. The van der Waals surface area contributed by atoms with Gasteiger partial charge in [-0.3, -0.25) is 0 Å². The molecule has 0 atom stereocenters. The Morgan fingerprint density at radius 2 is 1.92 bits per heavy atom. The number of urea groups is 1. The minimum Gasteiger partial charge on any atom is -0.378 e. The Morgan fingerprint density at radius 3 is 2.54 bits per heavy atom. The molecule has 0 aliphatic rings. The summed E-state index contributed by atoms with van der Waals surface area (Å²) in [5.74, 6) is 0.0637. The van der Waals surface area contributed by atoms with Crippen LogP contribution in [0.5, 0.6) is 5.75 Å². The molecule has 0 heterocycles. The van der Waals surface area contributed by atoms with E-state index in [0.717, 1.165) is 5.56 Å². The molecule has 24 heavy (non-hydrogen) atoms. The Kier molecular flexibility index (Phi) is 5.58. The molecule has 0 unspecified atom stereocenters. The zero-order valence-electron chi connectivity index (χ0n) is 12.6. The van der Waals surface area contributed by atoms with E-state index in [0.29, 0.717) is 10.0 Å². The van der Waals surface area contributed by atoms with E-state index >= 15 is 0 Å². The van der Waals surface area contributed by atoms with Crippen molar-refractivity contribution in [3.05, 3.63) is 58.1 Å². The lowest BCUT2D eigenvalue weighted by Crippen LogP contribution is -2.24. The monoisotopic (exact) mass is 411 g/mol. The number of carbonyl (C=O) groups excluding carboxylic acids is 1. The molecular weight excluding hydrogens is 398 g/mol. The largest absolute Gasteiger partial charge is 0.378 e. The van der Waals surface area contributed by atoms with Crippen molar-refractivity contribution in [2.75, 3.05) is 0 Å². The highest BCUT2D eigenvalue weighted by Crippen LogP contribution is 2.25. The number of hydrogen-bond acceptors (Lipinski definition) is 5.